The van der Waals surface area contributed by atoms with Gasteiger partial charge in [0.15, 0.2) is 0 Å². The predicted octanol–water partition coefficient (Wildman–Crippen LogP) is 5.44. The summed E-state index contributed by atoms with van der Waals surface area (Å²) in [6.07, 6.45) is 5.84. The summed E-state index contributed by atoms with van der Waals surface area (Å²) >= 11 is 12.9. The second kappa shape index (κ2) is 11.7. The SMILES string of the molecule is COc1cc(C(=O)NC2CCN(C)CC2)ccc1Nc1ncc2c(n1)-c1c(Cc3c(Cl)cccc3Cl)n[nH]c1CC2. The molecule has 3 N–H and O–H groups in total. The molecule has 1 saturated heterocycles. The average Bonchev–Trinajstić information content (AvgIpc) is 3.39. The molecule has 11 heteroatoms. The fourth-order valence-electron chi connectivity index (χ4n) is 5.48. The van der Waals surface area contributed by atoms with Crippen molar-refractivity contribution in [2.45, 2.75) is 38.1 Å². The van der Waals surface area contributed by atoms with Crippen molar-refractivity contribution in [3.05, 3.63) is 80.7 Å². The van der Waals surface area contributed by atoms with Gasteiger partial charge in [0.1, 0.15) is 5.75 Å². The molecule has 1 amide bonds. The molecule has 9 nitrogen and oxygen atoms in total. The topological polar surface area (TPSA) is 108 Å². The number of hydrogen-bond acceptors (Lipinski definition) is 7. The second-order valence-corrected chi connectivity index (χ2v) is 11.4. The Bertz CT molecular complexity index is 1580. The third-order valence-electron chi connectivity index (χ3n) is 7.83. The molecular formula is C30H31Cl2N7O2. The first-order valence-corrected chi connectivity index (χ1v) is 14.4. The van der Waals surface area contributed by atoms with Gasteiger partial charge < -0.3 is 20.3 Å². The number of anilines is 2. The highest BCUT2D eigenvalue weighted by atomic mass is 35.5. The lowest BCUT2D eigenvalue weighted by atomic mass is 9.92. The number of rotatable bonds is 7. The number of nitrogens with zero attached hydrogens (tertiary/aromatic N) is 4. The van der Waals surface area contributed by atoms with Crippen LogP contribution in [0.4, 0.5) is 11.6 Å². The van der Waals surface area contributed by atoms with Gasteiger partial charge in [-0.25, -0.2) is 9.97 Å². The van der Waals surface area contributed by atoms with Gasteiger partial charge >= 0.3 is 0 Å². The number of methoxy groups -OCH3 is 1. The van der Waals surface area contributed by atoms with Crippen LogP contribution in [0.25, 0.3) is 11.3 Å². The van der Waals surface area contributed by atoms with Crippen molar-refractivity contribution in [3.63, 3.8) is 0 Å². The number of aryl methyl sites for hydroxylation is 2. The molecule has 4 aromatic rings. The summed E-state index contributed by atoms with van der Waals surface area (Å²) in [6.45, 7) is 1.96. The smallest absolute Gasteiger partial charge is 0.251 e. The molecule has 0 saturated carbocycles. The number of carbonyl (C=O) groups is 1. The molecule has 2 aromatic carbocycles. The first-order valence-electron chi connectivity index (χ1n) is 13.7. The number of benzene rings is 2. The Morgan fingerprint density at radius 3 is 2.68 bits per heavy atom. The summed E-state index contributed by atoms with van der Waals surface area (Å²) in [5, 5.41) is 15.4. The molecule has 0 atom stereocenters. The maximum Gasteiger partial charge on any atom is 0.251 e. The van der Waals surface area contributed by atoms with E-state index in [9.17, 15) is 4.79 Å². The van der Waals surface area contributed by atoms with E-state index in [1.54, 1.807) is 19.2 Å². The fraction of sp³-hybridized carbons (Fsp3) is 0.333. The van der Waals surface area contributed by atoms with Gasteiger partial charge in [0.25, 0.3) is 5.91 Å². The summed E-state index contributed by atoms with van der Waals surface area (Å²) in [5.74, 6) is 0.842. The average molecular weight is 593 g/mol. The number of hydrogen-bond donors (Lipinski definition) is 3. The van der Waals surface area contributed by atoms with Gasteiger partial charge in [-0.15, -0.1) is 0 Å². The van der Waals surface area contributed by atoms with Crippen molar-refractivity contribution in [1.82, 2.24) is 30.4 Å². The van der Waals surface area contributed by atoms with Crippen molar-refractivity contribution in [2.75, 3.05) is 32.6 Å². The number of aromatic nitrogens is 4. The molecule has 2 aromatic heterocycles. The third-order valence-corrected chi connectivity index (χ3v) is 8.54. The van der Waals surface area contributed by atoms with Crippen LogP contribution in [-0.2, 0) is 19.3 Å². The highest BCUT2D eigenvalue weighted by Gasteiger charge is 2.26. The molecule has 0 radical (unpaired) electrons. The number of nitrogens with one attached hydrogen (secondary N) is 3. The maximum absolute atomic E-state index is 12.9. The summed E-state index contributed by atoms with van der Waals surface area (Å²) in [5.41, 5.74) is 6.72. The molecule has 1 aliphatic carbocycles. The van der Waals surface area contributed by atoms with Gasteiger partial charge in [0.2, 0.25) is 5.95 Å². The van der Waals surface area contributed by atoms with Crippen molar-refractivity contribution >= 4 is 40.7 Å². The van der Waals surface area contributed by atoms with Crippen LogP contribution >= 0.6 is 23.2 Å². The first kappa shape index (κ1) is 27.5. The monoisotopic (exact) mass is 591 g/mol. The van der Waals surface area contributed by atoms with Crippen LogP contribution in [0.15, 0.2) is 42.6 Å². The quantitative estimate of drug-likeness (QED) is 0.262. The minimum absolute atomic E-state index is 0.104. The Balaban J connectivity index is 1.24. The zero-order valence-corrected chi connectivity index (χ0v) is 24.4. The highest BCUT2D eigenvalue weighted by molar-refractivity contribution is 6.36. The molecular weight excluding hydrogens is 561 g/mol. The number of carbonyl (C=O) groups excluding carboxylic acids is 1. The molecule has 6 rings (SSSR count). The number of likely N-dealkylation sites (tertiary alicyclic amines) is 1. The summed E-state index contributed by atoms with van der Waals surface area (Å²) in [4.78, 5) is 24.7. The zero-order chi connectivity index (χ0) is 28.5. The van der Waals surface area contributed by atoms with Crippen molar-refractivity contribution < 1.29 is 9.53 Å². The van der Waals surface area contributed by atoms with E-state index in [2.05, 4.69) is 37.8 Å². The summed E-state index contributed by atoms with van der Waals surface area (Å²) in [7, 11) is 3.68. The minimum atomic E-state index is -0.104. The van der Waals surface area contributed by atoms with E-state index in [1.807, 2.05) is 30.5 Å². The Morgan fingerprint density at radius 2 is 1.93 bits per heavy atom. The Labute approximate surface area is 248 Å². The summed E-state index contributed by atoms with van der Waals surface area (Å²) < 4.78 is 5.63. The van der Waals surface area contributed by atoms with E-state index in [0.29, 0.717) is 39.4 Å². The Kier molecular flexibility index (Phi) is 7.84. The number of H-pyrrole nitrogens is 1. The molecule has 212 valence electrons. The van der Waals surface area contributed by atoms with Crippen LogP contribution < -0.4 is 15.4 Å². The number of ether oxygens (including phenoxy) is 1. The standard InChI is InChI=1S/C30H31Cl2N7O2/c1-39-12-10-19(11-13-39)34-29(40)17-6-8-23(26(14-17)41-2)35-30-33-16-18-7-9-24-27(28(18)36-30)25(38-37-24)15-20-21(31)4-3-5-22(20)32/h3-6,8,14,16,19H,7,9-13,15H2,1-2H3,(H,34,40)(H,37,38)(H,33,35,36). The van der Waals surface area contributed by atoms with E-state index in [4.69, 9.17) is 32.9 Å². The molecule has 0 spiro atoms. The van der Waals surface area contributed by atoms with E-state index in [1.165, 1.54) is 0 Å². The van der Waals surface area contributed by atoms with Gasteiger partial charge in [-0.1, -0.05) is 29.3 Å². The zero-order valence-electron chi connectivity index (χ0n) is 22.9. The van der Waals surface area contributed by atoms with Crippen LogP contribution in [0, 0.1) is 0 Å². The molecule has 3 heterocycles. The normalized spacial score (nSPS) is 15.2. The number of halogens is 2. The van der Waals surface area contributed by atoms with Gasteiger partial charge in [-0.3, -0.25) is 9.89 Å². The number of fused-ring (bicyclic) bond motifs is 3. The Morgan fingerprint density at radius 1 is 1.15 bits per heavy atom. The van der Waals surface area contributed by atoms with Crippen LogP contribution in [0.1, 0.15) is 45.7 Å². The van der Waals surface area contributed by atoms with Gasteiger partial charge in [0.05, 0.1) is 24.2 Å². The van der Waals surface area contributed by atoms with Crippen molar-refractivity contribution in [2.24, 2.45) is 0 Å². The third kappa shape index (κ3) is 5.75. The number of piperidine rings is 1. The number of amides is 1. The van der Waals surface area contributed by atoms with E-state index < -0.39 is 0 Å². The van der Waals surface area contributed by atoms with Crippen LogP contribution in [0.2, 0.25) is 10.0 Å². The maximum atomic E-state index is 12.9. The van der Waals surface area contributed by atoms with Gasteiger partial charge in [-0.05, 0) is 87.3 Å². The first-order chi connectivity index (χ1) is 19.9. The fourth-order valence-corrected chi connectivity index (χ4v) is 6.01. The lowest BCUT2D eigenvalue weighted by Crippen LogP contribution is -2.43. The minimum Gasteiger partial charge on any atom is -0.495 e. The lowest BCUT2D eigenvalue weighted by molar-refractivity contribution is 0.0916. The van der Waals surface area contributed by atoms with Crippen LogP contribution in [0.3, 0.4) is 0 Å². The highest BCUT2D eigenvalue weighted by Crippen LogP contribution is 2.37. The van der Waals surface area contributed by atoms with Gasteiger partial charge in [-0.2, -0.15) is 5.10 Å². The summed E-state index contributed by atoms with van der Waals surface area (Å²) in [6, 6.07) is 11.0. The van der Waals surface area contributed by atoms with E-state index >= 15 is 0 Å². The molecule has 2 aliphatic rings. The van der Waals surface area contributed by atoms with Crippen molar-refractivity contribution in [1.29, 1.82) is 0 Å². The van der Waals surface area contributed by atoms with Crippen LogP contribution in [0.5, 0.6) is 5.75 Å². The van der Waals surface area contributed by atoms with Crippen LogP contribution in [-0.4, -0.2) is 64.3 Å². The largest absolute Gasteiger partial charge is 0.495 e. The van der Waals surface area contributed by atoms with Gasteiger partial charge in [0, 0.05) is 45.5 Å². The molecule has 1 fully saturated rings. The predicted molar refractivity (Wildman–Crippen MR) is 161 cm³/mol. The van der Waals surface area contributed by atoms with E-state index in [-0.39, 0.29) is 11.9 Å². The molecule has 0 bridgehead atoms. The second-order valence-electron chi connectivity index (χ2n) is 10.6. The van der Waals surface area contributed by atoms with E-state index in [0.717, 1.165) is 72.5 Å². The Hall–Kier alpha value is -3.66. The molecule has 0 unspecified atom stereocenters. The molecule has 1 aliphatic heterocycles. The van der Waals surface area contributed by atoms with Crippen molar-refractivity contribution in [3.8, 4) is 17.0 Å². The lowest BCUT2D eigenvalue weighted by Gasteiger charge is -2.29. The molecule has 41 heavy (non-hydrogen) atoms. The number of aromatic amines is 1.